The Bertz CT molecular complexity index is 1420. The van der Waals surface area contributed by atoms with Gasteiger partial charge in [-0.3, -0.25) is 24.6 Å². The number of hydrogen-bond donors (Lipinski definition) is 1. The molecule has 2 saturated heterocycles. The molecular weight excluding hydrogens is 509 g/mol. The Kier molecular flexibility index (Phi) is 7.34. The van der Waals surface area contributed by atoms with Crippen LogP contribution in [0.2, 0.25) is 0 Å². The van der Waals surface area contributed by atoms with Gasteiger partial charge in [0.05, 0.1) is 0 Å². The molecule has 0 spiro atoms. The number of fused-ring (bicyclic) bond motifs is 1. The number of rotatable bonds is 7. The van der Waals surface area contributed by atoms with Gasteiger partial charge in [0.1, 0.15) is 24.2 Å². The van der Waals surface area contributed by atoms with Crippen LogP contribution in [0.15, 0.2) is 66.7 Å². The SMILES string of the molecule is O=C1CCC(N2Cc3c(cc(F)cc3C3CCN(Cc4ccc(OCc5ccccc5)cc4)CC3)C2=O)C(=O)N1. The summed E-state index contributed by atoms with van der Waals surface area (Å²) in [5.41, 5.74) is 4.38. The fourth-order valence-electron chi connectivity index (χ4n) is 6.11. The average molecular weight is 542 g/mol. The van der Waals surface area contributed by atoms with Crippen molar-refractivity contribution in [2.75, 3.05) is 13.1 Å². The van der Waals surface area contributed by atoms with Crippen LogP contribution in [-0.4, -0.2) is 46.7 Å². The molecule has 3 aliphatic heterocycles. The first kappa shape index (κ1) is 26.2. The number of nitrogens with zero attached hydrogens (tertiary/aromatic N) is 2. The van der Waals surface area contributed by atoms with Crippen LogP contribution in [0, 0.1) is 5.82 Å². The van der Waals surface area contributed by atoms with E-state index in [9.17, 15) is 18.8 Å². The number of nitrogens with one attached hydrogen (secondary N) is 1. The first-order valence-electron chi connectivity index (χ1n) is 13.9. The molecular formula is C32H32FN3O4. The molecule has 6 rings (SSSR count). The van der Waals surface area contributed by atoms with Gasteiger partial charge >= 0.3 is 0 Å². The van der Waals surface area contributed by atoms with Crippen molar-refractivity contribution < 1.29 is 23.5 Å². The molecule has 3 heterocycles. The summed E-state index contributed by atoms with van der Waals surface area (Å²) in [4.78, 5) is 41.1. The third kappa shape index (κ3) is 5.49. The molecule has 1 unspecified atom stereocenters. The second-order valence-corrected chi connectivity index (χ2v) is 10.9. The van der Waals surface area contributed by atoms with E-state index in [4.69, 9.17) is 4.74 Å². The van der Waals surface area contributed by atoms with Crippen molar-refractivity contribution in [3.63, 3.8) is 0 Å². The van der Waals surface area contributed by atoms with E-state index in [-0.39, 0.29) is 30.7 Å². The van der Waals surface area contributed by atoms with E-state index in [1.54, 1.807) is 6.07 Å². The minimum Gasteiger partial charge on any atom is -0.489 e. The maximum atomic E-state index is 14.7. The topological polar surface area (TPSA) is 79.0 Å². The highest BCUT2D eigenvalue weighted by Gasteiger charge is 2.41. The van der Waals surface area contributed by atoms with Crippen molar-refractivity contribution in [1.82, 2.24) is 15.1 Å². The van der Waals surface area contributed by atoms with Crippen molar-refractivity contribution in [2.24, 2.45) is 0 Å². The molecule has 0 aromatic heterocycles. The lowest BCUT2D eigenvalue weighted by atomic mass is 9.85. The molecule has 0 bridgehead atoms. The summed E-state index contributed by atoms with van der Waals surface area (Å²) in [7, 11) is 0. The van der Waals surface area contributed by atoms with Gasteiger partial charge in [-0.25, -0.2) is 4.39 Å². The van der Waals surface area contributed by atoms with Gasteiger partial charge in [0.15, 0.2) is 0 Å². The average Bonchev–Trinajstić information content (AvgIpc) is 3.29. The lowest BCUT2D eigenvalue weighted by molar-refractivity contribution is -0.136. The Hall–Kier alpha value is -4.04. The largest absolute Gasteiger partial charge is 0.489 e. The zero-order chi connectivity index (χ0) is 27.6. The summed E-state index contributed by atoms with van der Waals surface area (Å²) >= 11 is 0. The molecule has 0 aliphatic carbocycles. The Labute approximate surface area is 232 Å². The van der Waals surface area contributed by atoms with Gasteiger partial charge in [0, 0.05) is 25.1 Å². The zero-order valence-corrected chi connectivity index (χ0v) is 22.3. The third-order valence-corrected chi connectivity index (χ3v) is 8.26. The molecule has 40 heavy (non-hydrogen) atoms. The molecule has 206 valence electrons. The molecule has 2 fully saturated rings. The van der Waals surface area contributed by atoms with Crippen LogP contribution in [0.25, 0.3) is 0 Å². The standard InChI is InChI=1S/C32H32FN3O4/c33-24-16-26(28-19-36(32(39)27(28)17-24)29-10-11-30(37)34-31(29)38)23-12-14-35(15-13-23)18-21-6-8-25(9-7-21)40-20-22-4-2-1-3-5-22/h1-9,16-17,23,29H,10-15,18-20H2,(H,34,37,38). The summed E-state index contributed by atoms with van der Waals surface area (Å²) in [5, 5.41) is 2.33. The Balaban J connectivity index is 1.07. The van der Waals surface area contributed by atoms with E-state index in [0.717, 1.165) is 54.9 Å². The molecule has 8 heteroatoms. The van der Waals surface area contributed by atoms with Gasteiger partial charge in [-0.1, -0.05) is 42.5 Å². The molecule has 3 aromatic rings. The van der Waals surface area contributed by atoms with E-state index >= 15 is 0 Å². The van der Waals surface area contributed by atoms with Gasteiger partial charge in [0.2, 0.25) is 11.8 Å². The van der Waals surface area contributed by atoms with Crippen molar-refractivity contribution in [3.8, 4) is 5.75 Å². The van der Waals surface area contributed by atoms with Gasteiger partial charge in [-0.2, -0.15) is 0 Å². The highest BCUT2D eigenvalue weighted by Crippen LogP contribution is 2.38. The number of hydrogen-bond acceptors (Lipinski definition) is 5. The van der Waals surface area contributed by atoms with Gasteiger partial charge < -0.3 is 9.64 Å². The quantitative estimate of drug-likeness (QED) is 0.444. The first-order valence-corrected chi connectivity index (χ1v) is 13.9. The maximum Gasteiger partial charge on any atom is 0.255 e. The summed E-state index contributed by atoms with van der Waals surface area (Å²) in [6.07, 6.45) is 2.21. The van der Waals surface area contributed by atoms with Crippen molar-refractivity contribution in [3.05, 3.63) is 100 Å². The number of benzene rings is 3. The summed E-state index contributed by atoms with van der Waals surface area (Å²) in [6.45, 7) is 3.37. The van der Waals surface area contributed by atoms with Crippen LogP contribution in [-0.2, 0) is 29.3 Å². The van der Waals surface area contributed by atoms with Gasteiger partial charge in [-0.15, -0.1) is 0 Å². The molecule has 3 amide bonds. The number of amides is 3. The van der Waals surface area contributed by atoms with Crippen LogP contribution < -0.4 is 10.1 Å². The highest BCUT2D eigenvalue weighted by atomic mass is 19.1. The number of likely N-dealkylation sites (tertiary alicyclic amines) is 1. The smallest absolute Gasteiger partial charge is 0.255 e. The lowest BCUT2D eigenvalue weighted by Gasteiger charge is -2.33. The van der Waals surface area contributed by atoms with Crippen molar-refractivity contribution >= 4 is 17.7 Å². The normalized spacial score (nSPS) is 20.0. The number of halogens is 1. The van der Waals surface area contributed by atoms with Crippen LogP contribution in [0.3, 0.4) is 0 Å². The molecule has 1 atom stereocenters. The zero-order valence-electron chi connectivity index (χ0n) is 22.3. The van der Waals surface area contributed by atoms with Gasteiger partial charge in [-0.05, 0) is 84.8 Å². The summed E-state index contributed by atoms with van der Waals surface area (Å²) in [6, 6.07) is 20.4. The Morgan fingerprint density at radius 3 is 2.38 bits per heavy atom. The number of carbonyl (C=O) groups is 3. The van der Waals surface area contributed by atoms with E-state index in [1.165, 1.54) is 16.5 Å². The highest BCUT2D eigenvalue weighted by molar-refractivity contribution is 6.05. The fraction of sp³-hybridized carbons (Fsp3) is 0.344. The summed E-state index contributed by atoms with van der Waals surface area (Å²) in [5.74, 6) is -0.556. The third-order valence-electron chi connectivity index (χ3n) is 8.26. The number of imide groups is 1. The van der Waals surface area contributed by atoms with Crippen molar-refractivity contribution in [1.29, 1.82) is 0 Å². The fourth-order valence-corrected chi connectivity index (χ4v) is 6.11. The van der Waals surface area contributed by atoms with E-state index < -0.39 is 17.8 Å². The molecule has 1 N–H and O–H groups in total. The van der Waals surface area contributed by atoms with E-state index in [2.05, 4.69) is 22.3 Å². The van der Waals surface area contributed by atoms with Crippen LogP contribution in [0.5, 0.6) is 5.75 Å². The van der Waals surface area contributed by atoms with E-state index in [0.29, 0.717) is 18.6 Å². The Morgan fingerprint density at radius 1 is 0.900 bits per heavy atom. The number of ether oxygens (including phenoxy) is 1. The molecule has 0 saturated carbocycles. The first-order chi connectivity index (χ1) is 19.4. The molecule has 7 nitrogen and oxygen atoms in total. The minimum atomic E-state index is -0.703. The number of carbonyl (C=O) groups excluding carboxylic acids is 3. The monoisotopic (exact) mass is 541 g/mol. The van der Waals surface area contributed by atoms with Gasteiger partial charge in [0.25, 0.3) is 5.91 Å². The minimum absolute atomic E-state index is 0.143. The molecule has 3 aliphatic rings. The maximum absolute atomic E-state index is 14.7. The molecule has 3 aromatic carbocycles. The van der Waals surface area contributed by atoms with Crippen LogP contribution in [0.4, 0.5) is 4.39 Å². The predicted molar refractivity (Wildman–Crippen MR) is 147 cm³/mol. The van der Waals surface area contributed by atoms with Crippen LogP contribution in [0.1, 0.15) is 64.2 Å². The lowest BCUT2D eigenvalue weighted by Crippen LogP contribution is -2.52. The Morgan fingerprint density at radius 2 is 1.65 bits per heavy atom. The summed E-state index contributed by atoms with van der Waals surface area (Å²) < 4.78 is 20.6. The van der Waals surface area contributed by atoms with Crippen LogP contribution >= 0.6 is 0 Å². The van der Waals surface area contributed by atoms with E-state index in [1.807, 2.05) is 42.5 Å². The second-order valence-electron chi connectivity index (χ2n) is 10.9. The van der Waals surface area contributed by atoms with Crippen molar-refractivity contribution in [2.45, 2.75) is 57.3 Å². The molecule has 0 radical (unpaired) electrons. The number of piperidine rings is 2. The second kappa shape index (κ2) is 11.2. The predicted octanol–water partition coefficient (Wildman–Crippen LogP) is 4.55.